The van der Waals surface area contributed by atoms with E-state index in [2.05, 4.69) is 9.84 Å². The number of anilines is 1. The molecule has 0 fully saturated rings. The molecule has 2 aromatic carbocycles. The van der Waals surface area contributed by atoms with Gasteiger partial charge in [-0.25, -0.2) is 9.59 Å². The summed E-state index contributed by atoms with van der Waals surface area (Å²) in [5.41, 5.74) is 5.83. The van der Waals surface area contributed by atoms with Crippen molar-refractivity contribution in [3.05, 3.63) is 48.0 Å². The maximum Gasteiger partial charge on any atom is 0.435 e. The largest absolute Gasteiger partial charge is 0.492 e. The van der Waals surface area contributed by atoms with Crippen LogP contribution in [0, 0.1) is 0 Å². The van der Waals surface area contributed by atoms with E-state index in [1.165, 1.54) is 30.2 Å². The molecule has 0 aliphatic carbocycles. The van der Waals surface area contributed by atoms with Gasteiger partial charge in [0.05, 0.1) is 30.1 Å². The zero-order valence-corrected chi connectivity index (χ0v) is 24.9. The zero-order valence-electron chi connectivity index (χ0n) is 24.9. The van der Waals surface area contributed by atoms with Crippen molar-refractivity contribution in [2.24, 2.45) is 0 Å². The number of hydrogen-bond donors (Lipinski definition) is 1. The maximum atomic E-state index is 13.1. The van der Waals surface area contributed by atoms with E-state index < -0.39 is 42.0 Å². The molecule has 11 nitrogen and oxygen atoms in total. The highest BCUT2D eigenvalue weighted by Gasteiger charge is 2.27. The van der Waals surface area contributed by atoms with Crippen LogP contribution in [0.25, 0.3) is 10.9 Å². The number of carbonyl (C=O) groups is 2. The summed E-state index contributed by atoms with van der Waals surface area (Å²) in [6.07, 6.45) is -1.94. The van der Waals surface area contributed by atoms with E-state index in [0.717, 1.165) is 10.2 Å². The summed E-state index contributed by atoms with van der Waals surface area (Å²) < 4.78 is 53.8. The molecule has 0 saturated heterocycles. The van der Waals surface area contributed by atoms with Crippen molar-refractivity contribution >= 4 is 28.8 Å². The molecule has 1 atom stereocenters. The van der Waals surface area contributed by atoms with Gasteiger partial charge in [0.25, 0.3) is 0 Å². The smallest absolute Gasteiger partial charge is 0.435 e. The summed E-state index contributed by atoms with van der Waals surface area (Å²) in [6, 6.07) is 11.6. The van der Waals surface area contributed by atoms with Gasteiger partial charge in [-0.05, 0) is 71.4 Å². The third kappa shape index (κ3) is 9.20. The number of benzene rings is 2. The molecular formula is C29H38F2N4O7. The van der Waals surface area contributed by atoms with Crippen molar-refractivity contribution in [1.82, 2.24) is 14.7 Å². The van der Waals surface area contributed by atoms with Crippen molar-refractivity contribution in [3.63, 3.8) is 0 Å². The molecule has 3 aromatic rings. The van der Waals surface area contributed by atoms with E-state index in [-0.39, 0.29) is 30.6 Å². The van der Waals surface area contributed by atoms with Gasteiger partial charge in [0.1, 0.15) is 23.6 Å². The molecule has 230 valence electrons. The molecule has 1 heterocycles. The third-order valence-electron chi connectivity index (χ3n) is 5.62. The zero-order chi connectivity index (χ0) is 31.2. The number of nitrogen functional groups attached to an aromatic ring is 1. The quantitative estimate of drug-likeness (QED) is 0.282. The topological polar surface area (TPSA) is 127 Å². The fraction of sp³-hybridized carbons (Fsp3) is 0.483. The Kier molecular flexibility index (Phi) is 10.2. The summed E-state index contributed by atoms with van der Waals surface area (Å²) in [5.74, 6) is -0.139. The molecule has 0 unspecified atom stereocenters. The lowest BCUT2D eigenvalue weighted by molar-refractivity contribution is -0.0523. The second-order valence-electron chi connectivity index (χ2n) is 11.4. The van der Waals surface area contributed by atoms with Crippen molar-refractivity contribution in [3.8, 4) is 11.6 Å². The molecule has 2 N–H and O–H groups in total. The summed E-state index contributed by atoms with van der Waals surface area (Å²) >= 11 is 0. The van der Waals surface area contributed by atoms with Crippen LogP contribution in [0.3, 0.4) is 0 Å². The highest BCUT2D eigenvalue weighted by molar-refractivity contribution is 5.92. The number of carbonyl (C=O) groups excluding carboxylic acids is 2. The van der Waals surface area contributed by atoms with Crippen molar-refractivity contribution < 1.29 is 42.1 Å². The number of methoxy groups -OCH3 is 1. The minimum absolute atomic E-state index is 0.0269. The fourth-order valence-corrected chi connectivity index (χ4v) is 3.90. The second kappa shape index (κ2) is 13.2. The fourth-order valence-electron chi connectivity index (χ4n) is 3.90. The molecule has 0 bridgehead atoms. The van der Waals surface area contributed by atoms with Crippen molar-refractivity contribution in [2.45, 2.75) is 65.5 Å². The van der Waals surface area contributed by atoms with E-state index in [0.29, 0.717) is 11.4 Å². The Hall–Kier alpha value is -4.13. The van der Waals surface area contributed by atoms with Crippen LogP contribution in [0.2, 0.25) is 0 Å². The molecular weight excluding hydrogens is 554 g/mol. The maximum absolute atomic E-state index is 13.1. The first-order valence-corrected chi connectivity index (χ1v) is 13.3. The standard InChI is InChI=1S/C29H38F2N4O7/c1-28(2,3)41-26(36)34(17-23(38-7)18-9-8-10-19(32)15-18)13-14-39-20-11-12-21-22(16-20)35(27(37)42-29(4,5)6)33-24(21)40-25(30)31/h8-12,15-16,23,25H,13-14,17,32H2,1-7H3/t23-/m0/s1. The van der Waals surface area contributed by atoms with Crippen LogP contribution >= 0.6 is 0 Å². The Labute approximate surface area is 243 Å². The van der Waals surface area contributed by atoms with Gasteiger partial charge in [-0.1, -0.05) is 12.1 Å². The van der Waals surface area contributed by atoms with Crippen LogP contribution in [-0.4, -0.2) is 71.5 Å². The van der Waals surface area contributed by atoms with Gasteiger partial charge < -0.3 is 34.3 Å². The molecule has 0 aliphatic rings. The lowest BCUT2D eigenvalue weighted by Crippen LogP contribution is -2.41. The first-order valence-electron chi connectivity index (χ1n) is 13.3. The van der Waals surface area contributed by atoms with Gasteiger partial charge >= 0.3 is 18.8 Å². The van der Waals surface area contributed by atoms with Gasteiger partial charge in [0, 0.05) is 18.9 Å². The average molecular weight is 593 g/mol. The van der Waals surface area contributed by atoms with Crippen LogP contribution < -0.4 is 15.2 Å². The molecule has 0 radical (unpaired) electrons. The van der Waals surface area contributed by atoms with Gasteiger partial charge in [0.15, 0.2) is 0 Å². The number of nitrogens with zero attached hydrogens (tertiary/aromatic N) is 3. The number of rotatable bonds is 10. The van der Waals surface area contributed by atoms with Gasteiger partial charge in [-0.3, -0.25) is 0 Å². The monoisotopic (exact) mass is 592 g/mol. The molecule has 1 amide bonds. The minimum atomic E-state index is -3.15. The predicted octanol–water partition coefficient (Wildman–Crippen LogP) is 6.01. The van der Waals surface area contributed by atoms with Crippen molar-refractivity contribution in [1.29, 1.82) is 0 Å². The third-order valence-corrected chi connectivity index (χ3v) is 5.62. The molecule has 13 heteroatoms. The average Bonchev–Trinajstić information content (AvgIpc) is 3.21. The highest BCUT2D eigenvalue weighted by Crippen LogP contribution is 2.30. The summed E-state index contributed by atoms with van der Waals surface area (Å²) in [7, 11) is 1.53. The Morgan fingerprint density at radius 3 is 2.31 bits per heavy atom. The lowest BCUT2D eigenvalue weighted by atomic mass is 10.1. The highest BCUT2D eigenvalue weighted by atomic mass is 19.3. The molecule has 42 heavy (non-hydrogen) atoms. The molecule has 0 aliphatic heterocycles. The molecule has 0 saturated carbocycles. The number of alkyl halides is 2. The number of hydrogen-bond acceptors (Lipinski definition) is 9. The molecule has 3 rings (SSSR count). The number of amides is 1. The van der Waals surface area contributed by atoms with Crippen LogP contribution in [0.1, 0.15) is 53.2 Å². The summed E-state index contributed by atoms with van der Waals surface area (Å²) in [4.78, 5) is 27.3. The normalized spacial score (nSPS) is 12.7. The van der Waals surface area contributed by atoms with E-state index in [1.807, 2.05) is 6.07 Å². The summed E-state index contributed by atoms with van der Waals surface area (Å²) in [6.45, 7) is 7.43. The first-order chi connectivity index (χ1) is 19.6. The summed E-state index contributed by atoms with van der Waals surface area (Å²) in [5, 5.41) is 4.05. The number of aromatic nitrogens is 2. The number of fused-ring (bicyclic) bond motifs is 1. The van der Waals surface area contributed by atoms with Crippen LogP contribution in [-0.2, 0) is 14.2 Å². The van der Waals surface area contributed by atoms with E-state index in [1.54, 1.807) is 59.7 Å². The SMILES string of the molecule is CO[C@@H](CN(CCOc1ccc2c(OC(F)F)nn(C(=O)OC(C)(C)C)c2c1)C(=O)OC(C)(C)C)c1cccc(N)c1. The minimum Gasteiger partial charge on any atom is -0.492 e. The second-order valence-corrected chi connectivity index (χ2v) is 11.4. The van der Waals surface area contributed by atoms with Gasteiger partial charge in [-0.2, -0.15) is 13.5 Å². The van der Waals surface area contributed by atoms with Crippen LogP contribution in [0.5, 0.6) is 11.6 Å². The number of ether oxygens (including phenoxy) is 5. The predicted molar refractivity (Wildman–Crippen MR) is 152 cm³/mol. The Morgan fingerprint density at radius 2 is 1.71 bits per heavy atom. The van der Waals surface area contributed by atoms with Crippen molar-refractivity contribution in [2.75, 3.05) is 32.5 Å². The Morgan fingerprint density at radius 1 is 1.02 bits per heavy atom. The lowest BCUT2D eigenvalue weighted by Gasteiger charge is -2.30. The van der Waals surface area contributed by atoms with Crippen LogP contribution in [0.15, 0.2) is 42.5 Å². The Balaban J connectivity index is 1.83. The van der Waals surface area contributed by atoms with E-state index in [9.17, 15) is 18.4 Å². The van der Waals surface area contributed by atoms with E-state index in [4.69, 9.17) is 24.7 Å². The van der Waals surface area contributed by atoms with Gasteiger partial charge in [-0.15, -0.1) is 5.10 Å². The Bertz CT molecular complexity index is 1380. The number of halogens is 2. The number of nitrogens with two attached hydrogens (primary N) is 1. The van der Waals surface area contributed by atoms with E-state index >= 15 is 0 Å². The molecule has 0 spiro atoms. The van der Waals surface area contributed by atoms with Crippen LogP contribution in [0.4, 0.5) is 24.1 Å². The molecule has 1 aromatic heterocycles. The van der Waals surface area contributed by atoms with Gasteiger partial charge in [0.2, 0.25) is 5.88 Å². The first kappa shape index (κ1) is 32.4.